The third kappa shape index (κ3) is 5.02. The van der Waals surface area contributed by atoms with Gasteiger partial charge in [-0.25, -0.2) is 18.4 Å². The Morgan fingerprint density at radius 3 is 2.42 bits per heavy atom. The van der Waals surface area contributed by atoms with E-state index in [1.165, 1.54) is 16.6 Å². The summed E-state index contributed by atoms with van der Waals surface area (Å²) in [5, 5.41) is 4.41. The van der Waals surface area contributed by atoms with Crippen molar-refractivity contribution in [1.82, 2.24) is 33.9 Å². The number of aromatic amines is 1. The van der Waals surface area contributed by atoms with Crippen LogP contribution in [0.15, 0.2) is 22.0 Å². The highest BCUT2D eigenvalue weighted by Crippen LogP contribution is 2.30. The quantitative estimate of drug-likeness (QED) is 0.457. The number of hydrogen-bond acceptors (Lipinski definition) is 8. The molecule has 1 aliphatic heterocycles. The molecule has 1 aliphatic rings. The maximum atomic E-state index is 13.5. The average molecular weight is 518 g/mol. The van der Waals surface area contributed by atoms with Gasteiger partial charge in [0.15, 0.2) is 5.52 Å². The molecule has 12 heteroatoms. The fourth-order valence-electron chi connectivity index (χ4n) is 4.34. The van der Waals surface area contributed by atoms with Crippen LogP contribution in [0.5, 0.6) is 5.88 Å². The molecule has 0 spiro atoms. The Labute approximate surface area is 211 Å². The lowest BCUT2D eigenvalue weighted by Crippen LogP contribution is -2.48. The zero-order chi connectivity index (χ0) is 26.0. The summed E-state index contributed by atoms with van der Waals surface area (Å²) in [6, 6.07) is 1.50. The van der Waals surface area contributed by atoms with Gasteiger partial charge in [-0.1, -0.05) is 27.7 Å². The van der Waals surface area contributed by atoms with Gasteiger partial charge in [-0.15, -0.1) is 0 Å². The molecule has 4 heterocycles. The van der Waals surface area contributed by atoms with E-state index in [1.54, 1.807) is 4.68 Å². The van der Waals surface area contributed by atoms with Crippen LogP contribution in [0.4, 0.5) is 0 Å². The van der Waals surface area contributed by atoms with Crippen LogP contribution >= 0.6 is 0 Å². The van der Waals surface area contributed by atoms with E-state index >= 15 is 0 Å². The number of nitrogens with one attached hydrogen (secondary N) is 1. The summed E-state index contributed by atoms with van der Waals surface area (Å²) in [6.07, 6.45) is 1.97. The van der Waals surface area contributed by atoms with Gasteiger partial charge in [0.25, 0.3) is 5.56 Å². The summed E-state index contributed by atoms with van der Waals surface area (Å²) < 4.78 is 36.1. The number of sulfonamides is 1. The number of fused-ring (bicyclic) bond motifs is 1. The van der Waals surface area contributed by atoms with E-state index in [0.717, 1.165) is 12.2 Å². The van der Waals surface area contributed by atoms with Crippen LogP contribution in [0.25, 0.3) is 22.4 Å². The fourth-order valence-corrected chi connectivity index (χ4v) is 5.74. The van der Waals surface area contributed by atoms with E-state index in [0.29, 0.717) is 56.8 Å². The summed E-state index contributed by atoms with van der Waals surface area (Å²) in [7, 11) is -3.79. The van der Waals surface area contributed by atoms with Gasteiger partial charge < -0.3 is 14.6 Å². The molecule has 1 N–H and O–H groups in total. The molecule has 0 amide bonds. The van der Waals surface area contributed by atoms with Crippen molar-refractivity contribution in [3.63, 3.8) is 0 Å². The van der Waals surface area contributed by atoms with Crippen LogP contribution in [0.2, 0.25) is 0 Å². The second-order valence-electron chi connectivity index (χ2n) is 9.29. The first-order valence-electron chi connectivity index (χ1n) is 12.5. The lowest BCUT2D eigenvalue weighted by molar-refractivity contribution is 0.196. The molecule has 0 radical (unpaired) electrons. The molecule has 0 unspecified atom stereocenters. The van der Waals surface area contributed by atoms with Crippen LogP contribution in [0.1, 0.15) is 40.3 Å². The van der Waals surface area contributed by atoms with Crippen LogP contribution < -0.4 is 10.3 Å². The van der Waals surface area contributed by atoms with E-state index < -0.39 is 15.6 Å². The number of hydrogen-bond donors (Lipinski definition) is 1. The summed E-state index contributed by atoms with van der Waals surface area (Å²) >= 11 is 0. The number of rotatable bonds is 9. The summed E-state index contributed by atoms with van der Waals surface area (Å²) in [4.78, 5) is 27.1. The normalized spacial score (nSPS) is 15.7. The Morgan fingerprint density at radius 2 is 1.81 bits per heavy atom. The number of nitrogens with zero attached hydrogens (tertiary/aromatic N) is 6. The molecular formula is C24H35N7O4S. The Balaban J connectivity index is 1.83. The molecule has 0 aliphatic carbocycles. The van der Waals surface area contributed by atoms with E-state index in [1.807, 2.05) is 27.7 Å². The largest absolute Gasteiger partial charge is 0.477 e. The molecule has 1 fully saturated rings. The number of likely N-dealkylation sites (N-methyl/N-ethyl adjacent to an activating group) is 1. The molecule has 3 aromatic heterocycles. The molecule has 0 atom stereocenters. The molecule has 11 nitrogen and oxygen atoms in total. The van der Waals surface area contributed by atoms with Gasteiger partial charge in [-0.05, 0) is 31.9 Å². The maximum absolute atomic E-state index is 13.5. The Hall–Kier alpha value is -2.83. The Bertz CT molecular complexity index is 1390. The molecule has 3 aromatic rings. The van der Waals surface area contributed by atoms with Gasteiger partial charge >= 0.3 is 0 Å². The molecule has 0 saturated carbocycles. The maximum Gasteiger partial charge on any atom is 0.279 e. The number of piperazine rings is 1. The predicted octanol–water partition coefficient (Wildman–Crippen LogP) is 2.12. The van der Waals surface area contributed by atoms with Crippen molar-refractivity contribution in [1.29, 1.82) is 0 Å². The fraction of sp³-hybridized carbons (Fsp3) is 0.583. The minimum Gasteiger partial charge on any atom is -0.477 e. The molecule has 36 heavy (non-hydrogen) atoms. The molecule has 4 rings (SSSR count). The van der Waals surface area contributed by atoms with E-state index in [9.17, 15) is 13.2 Å². The van der Waals surface area contributed by atoms with Gasteiger partial charge in [0.05, 0.1) is 24.1 Å². The van der Waals surface area contributed by atoms with Crippen molar-refractivity contribution in [2.75, 3.05) is 39.3 Å². The third-order valence-electron chi connectivity index (χ3n) is 6.39. The predicted molar refractivity (Wildman–Crippen MR) is 138 cm³/mol. The first kappa shape index (κ1) is 26.2. The minimum atomic E-state index is -3.79. The second kappa shape index (κ2) is 10.7. The first-order valence-corrected chi connectivity index (χ1v) is 14.0. The standard InChI is InChI=1S/C24H35N7O4S/c1-6-19-20-21(28-31(19)8-3)23(32)27-22(26-20)18-13-17(14-25-24(18)35-15-16(4)5)36(33,34)30-11-9-29(7-2)10-12-30/h13-14,16H,6-12,15H2,1-5H3,(H,26,27,32). The van der Waals surface area contributed by atoms with E-state index in [2.05, 4.69) is 26.9 Å². The number of pyridine rings is 1. The number of aromatic nitrogens is 5. The lowest BCUT2D eigenvalue weighted by atomic mass is 10.2. The molecule has 0 aromatic carbocycles. The summed E-state index contributed by atoms with van der Waals surface area (Å²) in [5.74, 6) is 0.653. The lowest BCUT2D eigenvalue weighted by Gasteiger charge is -2.33. The SMILES string of the molecule is CCc1c2nc(-c3cc(S(=O)(=O)N4CCN(CC)CC4)cnc3OCC(C)C)[nH]c(=O)c2nn1CC. The van der Waals surface area contributed by atoms with Gasteiger partial charge in [-0.2, -0.15) is 9.40 Å². The van der Waals surface area contributed by atoms with Crippen LogP contribution in [-0.4, -0.2) is 81.7 Å². The van der Waals surface area contributed by atoms with Crippen LogP contribution in [0, 0.1) is 5.92 Å². The van der Waals surface area contributed by atoms with Crippen molar-refractivity contribution in [3.8, 4) is 17.3 Å². The van der Waals surface area contributed by atoms with Gasteiger partial charge in [0.1, 0.15) is 16.2 Å². The first-order chi connectivity index (χ1) is 17.2. The summed E-state index contributed by atoms with van der Waals surface area (Å²) in [6.45, 7) is 14.1. The van der Waals surface area contributed by atoms with Gasteiger partial charge in [0, 0.05) is 32.7 Å². The van der Waals surface area contributed by atoms with Gasteiger partial charge in [-0.3, -0.25) is 9.48 Å². The highest BCUT2D eigenvalue weighted by atomic mass is 32.2. The topological polar surface area (TPSA) is 126 Å². The van der Waals surface area contributed by atoms with E-state index in [4.69, 9.17) is 9.72 Å². The Kier molecular flexibility index (Phi) is 7.76. The number of aryl methyl sites for hydroxylation is 2. The average Bonchev–Trinajstić information content (AvgIpc) is 3.25. The zero-order valence-corrected chi connectivity index (χ0v) is 22.4. The smallest absolute Gasteiger partial charge is 0.279 e. The highest BCUT2D eigenvalue weighted by Gasteiger charge is 2.30. The minimum absolute atomic E-state index is 0.0436. The molecule has 0 bridgehead atoms. The number of H-pyrrole nitrogens is 1. The van der Waals surface area contributed by atoms with E-state index in [-0.39, 0.29) is 28.0 Å². The van der Waals surface area contributed by atoms with Crippen molar-refractivity contribution in [3.05, 3.63) is 28.3 Å². The molecule has 1 saturated heterocycles. The monoisotopic (exact) mass is 517 g/mol. The number of ether oxygens (including phenoxy) is 1. The third-order valence-corrected chi connectivity index (χ3v) is 8.25. The molecular weight excluding hydrogens is 482 g/mol. The van der Waals surface area contributed by atoms with Crippen molar-refractivity contribution in [2.24, 2.45) is 5.92 Å². The van der Waals surface area contributed by atoms with Crippen molar-refractivity contribution < 1.29 is 13.2 Å². The highest BCUT2D eigenvalue weighted by molar-refractivity contribution is 7.89. The van der Waals surface area contributed by atoms with Gasteiger partial charge in [0.2, 0.25) is 15.9 Å². The van der Waals surface area contributed by atoms with Crippen molar-refractivity contribution >= 4 is 21.1 Å². The molecule has 196 valence electrons. The van der Waals surface area contributed by atoms with Crippen molar-refractivity contribution in [2.45, 2.75) is 52.5 Å². The Morgan fingerprint density at radius 1 is 1.08 bits per heavy atom. The van der Waals surface area contributed by atoms with Crippen LogP contribution in [-0.2, 0) is 23.0 Å². The second-order valence-corrected chi connectivity index (χ2v) is 11.2. The van der Waals surface area contributed by atoms with Crippen LogP contribution in [0.3, 0.4) is 0 Å². The zero-order valence-electron chi connectivity index (χ0n) is 21.6. The summed E-state index contributed by atoms with van der Waals surface area (Å²) in [5.41, 5.74) is 1.53.